The fourth-order valence-electron chi connectivity index (χ4n) is 3.65. The zero-order chi connectivity index (χ0) is 19.4. The Hall–Kier alpha value is -2.83. The number of H-pyrrole nitrogens is 1. The van der Waals surface area contributed by atoms with Crippen molar-refractivity contribution < 1.29 is 9.59 Å². The minimum Gasteiger partial charge on any atom is -0.372 e. The van der Waals surface area contributed by atoms with Gasteiger partial charge < -0.3 is 15.5 Å². The lowest BCUT2D eigenvalue weighted by atomic mass is 9.93. The molecule has 1 aromatic carbocycles. The molecule has 3 rings (SSSR count). The third kappa shape index (κ3) is 4.13. The van der Waals surface area contributed by atoms with Crippen molar-refractivity contribution in [1.29, 1.82) is 0 Å². The molecule has 0 unspecified atom stereocenters. The number of benzene rings is 1. The summed E-state index contributed by atoms with van der Waals surface area (Å²) in [6, 6.07) is 9.58. The van der Waals surface area contributed by atoms with E-state index in [9.17, 15) is 9.59 Å². The van der Waals surface area contributed by atoms with Crippen molar-refractivity contribution in [2.24, 2.45) is 5.73 Å². The van der Waals surface area contributed by atoms with Gasteiger partial charge in [-0.15, -0.1) is 0 Å². The van der Waals surface area contributed by atoms with Gasteiger partial charge in [0.15, 0.2) is 0 Å². The smallest absolute Gasteiger partial charge is 0.269 e. The maximum atomic E-state index is 12.8. The van der Waals surface area contributed by atoms with E-state index < -0.39 is 5.91 Å². The molecule has 0 aliphatic carbocycles. The monoisotopic (exact) mass is 369 g/mol. The average Bonchev–Trinajstić information content (AvgIpc) is 3.20. The summed E-state index contributed by atoms with van der Waals surface area (Å²) in [7, 11) is 0. The first kappa shape index (κ1) is 18.9. The molecule has 0 radical (unpaired) electrons. The normalized spacial score (nSPS) is 15.0. The number of nitrogens with one attached hydrogen (secondary N) is 1. The van der Waals surface area contributed by atoms with Crippen molar-refractivity contribution >= 4 is 17.5 Å². The van der Waals surface area contributed by atoms with E-state index in [1.54, 1.807) is 6.07 Å². The van der Waals surface area contributed by atoms with E-state index in [0.717, 1.165) is 42.9 Å². The molecule has 27 heavy (non-hydrogen) atoms. The van der Waals surface area contributed by atoms with Crippen molar-refractivity contribution in [1.82, 2.24) is 15.1 Å². The van der Waals surface area contributed by atoms with Crippen LogP contribution in [0.5, 0.6) is 0 Å². The number of anilines is 1. The summed E-state index contributed by atoms with van der Waals surface area (Å²) in [6.45, 7) is 7.51. The fraction of sp³-hybridized carbons (Fsp3) is 0.450. The maximum Gasteiger partial charge on any atom is 0.269 e. The second-order valence-electron chi connectivity index (χ2n) is 6.86. The van der Waals surface area contributed by atoms with Crippen LogP contribution in [0.3, 0.4) is 0 Å². The van der Waals surface area contributed by atoms with E-state index in [1.807, 2.05) is 29.2 Å². The standard InChI is InChI=1S/C20H27N5O2/c1-3-24(4-2)16-7-5-15(6-8-16)20(27)25-11-9-14(10-12-25)17-13-18(19(21)26)23-22-17/h5-8,13-14H,3-4,9-12H2,1-2H3,(H2,21,26)(H,22,23). The van der Waals surface area contributed by atoms with Gasteiger partial charge in [-0.2, -0.15) is 5.10 Å². The van der Waals surface area contributed by atoms with Crippen molar-refractivity contribution in [2.75, 3.05) is 31.1 Å². The van der Waals surface area contributed by atoms with Crippen LogP contribution in [0.1, 0.15) is 59.1 Å². The molecule has 7 heteroatoms. The van der Waals surface area contributed by atoms with Gasteiger partial charge in [0.25, 0.3) is 11.8 Å². The molecule has 1 aromatic heterocycles. The molecule has 7 nitrogen and oxygen atoms in total. The van der Waals surface area contributed by atoms with Crippen molar-refractivity contribution in [3.8, 4) is 0 Å². The van der Waals surface area contributed by atoms with Gasteiger partial charge in [-0.25, -0.2) is 0 Å². The topological polar surface area (TPSA) is 95.3 Å². The van der Waals surface area contributed by atoms with Crippen LogP contribution in [0, 0.1) is 0 Å². The minimum atomic E-state index is -0.529. The Labute approximate surface area is 159 Å². The number of hydrogen-bond acceptors (Lipinski definition) is 4. The van der Waals surface area contributed by atoms with Crippen LogP contribution in [0.2, 0.25) is 0 Å². The van der Waals surface area contributed by atoms with Crippen LogP contribution in [0.25, 0.3) is 0 Å². The number of piperidine rings is 1. The van der Waals surface area contributed by atoms with E-state index in [1.165, 1.54) is 0 Å². The van der Waals surface area contributed by atoms with Gasteiger partial charge in [-0.3, -0.25) is 14.7 Å². The summed E-state index contributed by atoms with van der Waals surface area (Å²) in [6.07, 6.45) is 1.67. The van der Waals surface area contributed by atoms with Crippen LogP contribution < -0.4 is 10.6 Å². The Bertz CT molecular complexity index is 787. The molecule has 1 aliphatic heterocycles. The van der Waals surface area contributed by atoms with Gasteiger partial charge in [0.2, 0.25) is 0 Å². The second-order valence-corrected chi connectivity index (χ2v) is 6.86. The number of primary amides is 1. The molecular weight excluding hydrogens is 342 g/mol. The number of rotatable bonds is 6. The third-order valence-corrected chi connectivity index (χ3v) is 5.31. The predicted octanol–water partition coefficient (Wildman–Crippen LogP) is 2.37. The first-order valence-corrected chi connectivity index (χ1v) is 9.52. The highest BCUT2D eigenvalue weighted by molar-refractivity contribution is 5.94. The largest absolute Gasteiger partial charge is 0.372 e. The fourth-order valence-corrected chi connectivity index (χ4v) is 3.65. The Balaban J connectivity index is 1.60. The number of hydrogen-bond donors (Lipinski definition) is 2. The lowest BCUT2D eigenvalue weighted by molar-refractivity contribution is 0.0712. The quantitative estimate of drug-likeness (QED) is 0.817. The Morgan fingerprint density at radius 2 is 1.81 bits per heavy atom. The summed E-state index contributed by atoms with van der Waals surface area (Å²) in [5.74, 6) is -0.194. The first-order chi connectivity index (χ1) is 13.0. The minimum absolute atomic E-state index is 0.0713. The zero-order valence-corrected chi connectivity index (χ0v) is 15.9. The van der Waals surface area contributed by atoms with E-state index in [2.05, 4.69) is 28.9 Å². The number of amides is 2. The second kappa shape index (κ2) is 8.24. The molecule has 3 N–H and O–H groups in total. The van der Waals surface area contributed by atoms with Crippen molar-refractivity contribution in [3.63, 3.8) is 0 Å². The molecule has 0 bridgehead atoms. The maximum absolute atomic E-state index is 12.8. The zero-order valence-electron chi connectivity index (χ0n) is 15.9. The molecule has 1 fully saturated rings. The van der Waals surface area contributed by atoms with Gasteiger partial charge >= 0.3 is 0 Å². The SMILES string of the molecule is CCN(CC)c1ccc(C(=O)N2CCC(c3cc(C(N)=O)n[nH]3)CC2)cc1. The van der Waals surface area contributed by atoms with Crippen molar-refractivity contribution in [2.45, 2.75) is 32.6 Å². The molecule has 2 aromatic rings. The number of aromatic amines is 1. The van der Waals surface area contributed by atoms with E-state index in [0.29, 0.717) is 13.1 Å². The first-order valence-electron chi connectivity index (χ1n) is 9.52. The Kier molecular flexibility index (Phi) is 5.78. The lowest BCUT2D eigenvalue weighted by Gasteiger charge is -2.31. The van der Waals surface area contributed by atoms with Gasteiger partial charge in [-0.05, 0) is 57.0 Å². The summed E-state index contributed by atoms with van der Waals surface area (Å²) in [5.41, 5.74) is 8.29. The number of likely N-dealkylation sites (tertiary alicyclic amines) is 1. The number of carbonyl (C=O) groups excluding carboxylic acids is 2. The number of carbonyl (C=O) groups is 2. The van der Waals surface area contributed by atoms with Crippen LogP contribution in [0.15, 0.2) is 30.3 Å². The summed E-state index contributed by atoms with van der Waals surface area (Å²) < 4.78 is 0. The molecule has 144 valence electrons. The number of nitrogens with two attached hydrogens (primary N) is 1. The highest BCUT2D eigenvalue weighted by Crippen LogP contribution is 2.28. The molecule has 2 amide bonds. The average molecular weight is 369 g/mol. The highest BCUT2D eigenvalue weighted by atomic mass is 16.2. The summed E-state index contributed by atoms with van der Waals surface area (Å²) in [4.78, 5) is 28.1. The van der Waals surface area contributed by atoms with Crippen LogP contribution in [-0.2, 0) is 0 Å². The van der Waals surface area contributed by atoms with Crippen LogP contribution in [0.4, 0.5) is 5.69 Å². The molecule has 0 saturated carbocycles. The number of nitrogens with zero attached hydrogens (tertiary/aromatic N) is 3. The van der Waals surface area contributed by atoms with E-state index in [4.69, 9.17) is 5.73 Å². The van der Waals surface area contributed by atoms with E-state index in [-0.39, 0.29) is 17.5 Å². The lowest BCUT2D eigenvalue weighted by Crippen LogP contribution is -2.38. The van der Waals surface area contributed by atoms with Crippen molar-refractivity contribution in [3.05, 3.63) is 47.3 Å². The Morgan fingerprint density at radius 3 is 2.33 bits per heavy atom. The third-order valence-electron chi connectivity index (χ3n) is 5.31. The van der Waals surface area contributed by atoms with Crippen LogP contribution >= 0.6 is 0 Å². The van der Waals surface area contributed by atoms with Gasteiger partial charge in [-0.1, -0.05) is 0 Å². The van der Waals surface area contributed by atoms with Gasteiger partial charge in [0.1, 0.15) is 5.69 Å². The molecule has 0 atom stereocenters. The molecular formula is C20H27N5O2. The highest BCUT2D eigenvalue weighted by Gasteiger charge is 2.26. The number of aromatic nitrogens is 2. The molecule has 1 saturated heterocycles. The van der Waals surface area contributed by atoms with Crippen LogP contribution in [-0.4, -0.2) is 53.1 Å². The van der Waals surface area contributed by atoms with Gasteiger partial charge in [0.05, 0.1) is 0 Å². The summed E-state index contributed by atoms with van der Waals surface area (Å²) >= 11 is 0. The molecule has 0 spiro atoms. The molecule has 1 aliphatic rings. The molecule has 2 heterocycles. The Morgan fingerprint density at radius 1 is 1.19 bits per heavy atom. The predicted molar refractivity (Wildman–Crippen MR) is 105 cm³/mol. The summed E-state index contributed by atoms with van der Waals surface area (Å²) in [5, 5.41) is 6.85. The van der Waals surface area contributed by atoms with E-state index >= 15 is 0 Å². The van der Waals surface area contributed by atoms with Gasteiger partial charge in [0, 0.05) is 49.0 Å².